The summed E-state index contributed by atoms with van der Waals surface area (Å²) < 4.78 is 13.1. The van der Waals surface area contributed by atoms with Crippen molar-refractivity contribution in [1.82, 2.24) is 30.1 Å². The first-order valence-corrected chi connectivity index (χ1v) is 12.8. The van der Waals surface area contributed by atoms with E-state index in [9.17, 15) is 4.79 Å². The first kappa shape index (κ1) is 21.6. The number of hydrogen-bond donors (Lipinski definition) is 1. The Bertz CT molecular complexity index is 1490. The number of aromatic nitrogens is 5. The van der Waals surface area contributed by atoms with Crippen LogP contribution >= 0.6 is 0 Å². The van der Waals surface area contributed by atoms with Gasteiger partial charge in [-0.3, -0.25) is 9.69 Å². The molecule has 4 heterocycles. The minimum absolute atomic E-state index is 0.136. The molecule has 9 nitrogen and oxygen atoms in total. The molecule has 0 bridgehead atoms. The number of hydrogen-bond acceptors (Lipinski definition) is 7. The van der Waals surface area contributed by atoms with Crippen LogP contribution in [-0.4, -0.2) is 43.4 Å². The lowest BCUT2D eigenvalue weighted by atomic mass is 9.94. The Morgan fingerprint density at radius 2 is 1.81 bits per heavy atom. The number of nitrogens with zero attached hydrogens (tertiary/aromatic N) is 5. The van der Waals surface area contributed by atoms with E-state index in [2.05, 4.69) is 49.7 Å². The Morgan fingerprint density at radius 3 is 2.67 bits per heavy atom. The molecule has 1 fully saturated rings. The molecular weight excluding hydrogens is 456 g/mol. The molecule has 1 N–H and O–H groups in total. The van der Waals surface area contributed by atoms with Crippen LogP contribution in [0.2, 0.25) is 0 Å². The van der Waals surface area contributed by atoms with E-state index in [1.807, 2.05) is 22.9 Å². The number of fused-ring (bicyclic) bond motifs is 3. The lowest BCUT2D eigenvalue weighted by molar-refractivity contribution is 0.174. The van der Waals surface area contributed by atoms with Crippen LogP contribution in [0, 0.1) is 0 Å². The molecule has 9 heteroatoms. The molecule has 4 aromatic rings. The summed E-state index contributed by atoms with van der Waals surface area (Å²) in [6.45, 7) is 1.74. The van der Waals surface area contributed by atoms with Crippen LogP contribution in [0.3, 0.4) is 0 Å². The maximum Gasteiger partial charge on any atom is 0.253 e. The summed E-state index contributed by atoms with van der Waals surface area (Å²) in [5.74, 6) is 2.08. The van der Waals surface area contributed by atoms with Crippen LogP contribution in [0.4, 0.5) is 0 Å². The van der Waals surface area contributed by atoms with Crippen LogP contribution < -0.4 is 15.0 Å². The van der Waals surface area contributed by atoms with Crippen LogP contribution in [0.25, 0.3) is 10.9 Å². The maximum absolute atomic E-state index is 13.6. The molecule has 1 atom stereocenters. The molecule has 0 spiro atoms. The van der Waals surface area contributed by atoms with Gasteiger partial charge in [0.2, 0.25) is 6.79 Å². The van der Waals surface area contributed by atoms with Gasteiger partial charge >= 0.3 is 0 Å². The number of rotatable bonds is 4. The van der Waals surface area contributed by atoms with E-state index < -0.39 is 0 Å². The maximum atomic E-state index is 13.6. The normalized spacial score (nSPS) is 18.9. The van der Waals surface area contributed by atoms with E-state index in [1.165, 1.54) is 30.4 Å². The second-order valence-electron chi connectivity index (χ2n) is 10.0. The lowest BCUT2D eigenvalue weighted by Gasteiger charge is -2.35. The van der Waals surface area contributed by atoms with E-state index in [-0.39, 0.29) is 24.4 Å². The average Bonchev–Trinajstić information content (AvgIpc) is 3.58. The summed E-state index contributed by atoms with van der Waals surface area (Å²) in [5.41, 5.74) is 3.88. The zero-order valence-electron chi connectivity index (χ0n) is 20.0. The third-order valence-electron chi connectivity index (χ3n) is 7.87. The number of aromatic amines is 1. The first-order chi connectivity index (χ1) is 17.7. The Hall–Kier alpha value is -3.72. The third kappa shape index (κ3) is 3.65. The van der Waals surface area contributed by atoms with Gasteiger partial charge < -0.3 is 14.5 Å². The number of nitrogens with one attached hydrogen (secondary N) is 1. The number of ether oxygens (including phenoxy) is 2. The van der Waals surface area contributed by atoms with Gasteiger partial charge in [-0.1, -0.05) is 43.5 Å². The molecule has 1 saturated carbocycles. The van der Waals surface area contributed by atoms with Gasteiger partial charge in [0.25, 0.3) is 5.56 Å². The van der Waals surface area contributed by atoms with Gasteiger partial charge in [-0.15, -0.1) is 5.10 Å². The molecule has 1 aliphatic carbocycles. The number of benzene rings is 2. The summed E-state index contributed by atoms with van der Waals surface area (Å²) in [6, 6.07) is 14.2. The third-order valence-corrected chi connectivity index (χ3v) is 7.87. The fraction of sp³-hybridized carbons (Fsp3) is 0.407. The second kappa shape index (κ2) is 8.74. The zero-order chi connectivity index (χ0) is 24.1. The predicted octanol–water partition coefficient (Wildman–Crippen LogP) is 3.90. The van der Waals surface area contributed by atoms with Gasteiger partial charge in [0.15, 0.2) is 17.3 Å². The van der Waals surface area contributed by atoms with E-state index in [0.717, 1.165) is 49.1 Å². The molecule has 184 valence electrons. The van der Waals surface area contributed by atoms with Gasteiger partial charge in [-0.25, -0.2) is 4.68 Å². The van der Waals surface area contributed by atoms with Crippen molar-refractivity contribution in [3.63, 3.8) is 0 Å². The fourth-order valence-electron chi connectivity index (χ4n) is 6.02. The molecular formula is C27H28N6O3. The zero-order valence-corrected chi connectivity index (χ0v) is 20.0. The second-order valence-corrected chi connectivity index (χ2v) is 10.0. The van der Waals surface area contributed by atoms with Crippen LogP contribution in [0.15, 0.2) is 47.3 Å². The van der Waals surface area contributed by atoms with E-state index in [0.29, 0.717) is 17.1 Å². The van der Waals surface area contributed by atoms with E-state index >= 15 is 0 Å². The van der Waals surface area contributed by atoms with Gasteiger partial charge in [0.1, 0.15) is 6.04 Å². The average molecular weight is 485 g/mol. The highest BCUT2D eigenvalue weighted by molar-refractivity contribution is 5.83. The Kier molecular flexibility index (Phi) is 5.23. The summed E-state index contributed by atoms with van der Waals surface area (Å²) >= 11 is 0. The van der Waals surface area contributed by atoms with Crippen molar-refractivity contribution in [1.29, 1.82) is 0 Å². The van der Waals surface area contributed by atoms with Crippen molar-refractivity contribution in [2.75, 3.05) is 13.3 Å². The standard InChI is InChI=1S/C27H28N6O3/c34-27-21(12-19-13-23-24(36-16-35-23)14-22(19)28-27)25(32-11-10-17-6-4-5-7-18(17)15-32)26-29-30-31-33(26)20-8-2-1-3-9-20/h4-7,12-14,20,25H,1-3,8-11,15-16H2,(H,28,34). The summed E-state index contributed by atoms with van der Waals surface area (Å²) in [5, 5.41) is 14.0. The van der Waals surface area contributed by atoms with Crippen molar-refractivity contribution in [3.05, 3.63) is 75.3 Å². The fourth-order valence-corrected chi connectivity index (χ4v) is 6.02. The predicted molar refractivity (Wildman–Crippen MR) is 133 cm³/mol. The summed E-state index contributed by atoms with van der Waals surface area (Å²) in [4.78, 5) is 19.0. The van der Waals surface area contributed by atoms with Crippen LogP contribution in [-0.2, 0) is 13.0 Å². The molecule has 2 aliphatic heterocycles. The smallest absolute Gasteiger partial charge is 0.253 e. The molecule has 7 rings (SSSR count). The molecule has 0 amide bonds. The van der Waals surface area contributed by atoms with Crippen molar-refractivity contribution < 1.29 is 9.47 Å². The number of pyridine rings is 1. The van der Waals surface area contributed by atoms with Crippen LogP contribution in [0.1, 0.15) is 66.7 Å². The summed E-state index contributed by atoms with van der Waals surface area (Å²) in [6.07, 6.45) is 6.64. The first-order valence-electron chi connectivity index (χ1n) is 12.8. The largest absolute Gasteiger partial charge is 0.454 e. The van der Waals surface area contributed by atoms with Crippen LogP contribution in [0.5, 0.6) is 11.5 Å². The molecule has 2 aromatic heterocycles. The number of tetrazole rings is 1. The molecule has 3 aliphatic rings. The quantitative estimate of drug-likeness (QED) is 0.469. The molecule has 2 aromatic carbocycles. The minimum Gasteiger partial charge on any atom is -0.454 e. The molecule has 0 saturated heterocycles. The lowest BCUT2D eigenvalue weighted by Crippen LogP contribution is -2.39. The monoisotopic (exact) mass is 484 g/mol. The van der Waals surface area contributed by atoms with Gasteiger partial charge in [-0.05, 0) is 52.9 Å². The highest BCUT2D eigenvalue weighted by Crippen LogP contribution is 2.38. The van der Waals surface area contributed by atoms with Crippen molar-refractivity contribution >= 4 is 10.9 Å². The summed E-state index contributed by atoms with van der Waals surface area (Å²) in [7, 11) is 0. The van der Waals surface area contributed by atoms with Crippen molar-refractivity contribution in [2.45, 2.75) is 57.2 Å². The Labute approximate surface area is 208 Å². The SMILES string of the molecule is O=c1[nH]c2cc3c(cc2cc1C(c1nnnn1C1CCCCC1)N1CCc2ccccc2C1)OCO3. The molecule has 0 radical (unpaired) electrons. The van der Waals surface area contributed by atoms with Crippen molar-refractivity contribution in [3.8, 4) is 11.5 Å². The van der Waals surface area contributed by atoms with E-state index in [1.54, 1.807) is 0 Å². The Balaban J connectivity index is 1.37. The van der Waals surface area contributed by atoms with Crippen molar-refractivity contribution in [2.24, 2.45) is 0 Å². The topological polar surface area (TPSA) is 98.2 Å². The highest BCUT2D eigenvalue weighted by atomic mass is 16.7. The van der Waals surface area contributed by atoms with E-state index in [4.69, 9.17) is 9.47 Å². The van der Waals surface area contributed by atoms with Gasteiger partial charge in [-0.2, -0.15) is 0 Å². The van der Waals surface area contributed by atoms with Gasteiger partial charge in [0.05, 0.1) is 11.6 Å². The number of H-pyrrole nitrogens is 1. The minimum atomic E-state index is -0.367. The van der Waals surface area contributed by atoms with Gasteiger partial charge in [0, 0.05) is 30.1 Å². The molecule has 36 heavy (non-hydrogen) atoms. The molecule has 1 unspecified atom stereocenters. The Morgan fingerprint density at radius 1 is 1.00 bits per heavy atom. The highest BCUT2D eigenvalue weighted by Gasteiger charge is 2.34.